The number of hydrogen-bond acceptors (Lipinski definition) is 6. The highest BCUT2D eigenvalue weighted by molar-refractivity contribution is 6.32. The van der Waals surface area contributed by atoms with Gasteiger partial charge in [0.05, 0.1) is 17.1 Å². The summed E-state index contributed by atoms with van der Waals surface area (Å²) in [6.45, 7) is 1.80. The van der Waals surface area contributed by atoms with E-state index in [1.165, 1.54) is 4.90 Å². The molecule has 1 aromatic carbocycles. The zero-order valence-corrected chi connectivity index (χ0v) is 15.3. The van der Waals surface area contributed by atoms with Crippen molar-refractivity contribution in [2.45, 2.75) is 33.3 Å². The lowest BCUT2D eigenvalue weighted by atomic mass is 10.2. The van der Waals surface area contributed by atoms with Crippen molar-refractivity contribution in [3.63, 3.8) is 0 Å². The number of anilines is 1. The number of benzene rings is 1. The van der Waals surface area contributed by atoms with Crippen LogP contribution in [0, 0.1) is 0 Å². The van der Waals surface area contributed by atoms with Crippen LogP contribution in [0.2, 0.25) is 5.02 Å². The second kappa shape index (κ2) is 9.36. The van der Waals surface area contributed by atoms with E-state index in [9.17, 15) is 9.59 Å². The standard InChI is InChI=1S/C18H18ClN3O5.CH4/c1-2-13(18-20-5-3-6-21-18)27-14-9-15-12(8-11(14)19)22(7-4-17(24)25)16(23)10-26-15;/h3,5-6,8-9,13H,2,4,7,10H2,1H3,(H,24,25);1H4/t13-;/m0./s1. The van der Waals surface area contributed by atoms with Gasteiger partial charge in [-0.2, -0.15) is 0 Å². The van der Waals surface area contributed by atoms with E-state index < -0.39 is 12.1 Å². The van der Waals surface area contributed by atoms with E-state index in [2.05, 4.69) is 9.97 Å². The molecule has 0 saturated heterocycles. The van der Waals surface area contributed by atoms with Crippen LogP contribution in [-0.2, 0) is 9.59 Å². The minimum Gasteiger partial charge on any atom is -0.481 e. The molecule has 1 atom stereocenters. The maximum atomic E-state index is 12.1. The lowest BCUT2D eigenvalue weighted by molar-refractivity contribution is -0.136. The number of aromatic nitrogens is 2. The summed E-state index contributed by atoms with van der Waals surface area (Å²) in [5, 5.41) is 9.16. The molecule has 1 aliphatic heterocycles. The van der Waals surface area contributed by atoms with Gasteiger partial charge in [-0.3, -0.25) is 9.59 Å². The van der Waals surface area contributed by atoms with Gasteiger partial charge >= 0.3 is 5.97 Å². The predicted octanol–water partition coefficient (Wildman–Crippen LogP) is 3.50. The second-order valence-electron chi connectivity index (χ2n) is 5.85. The molecule has 8 nitrogen and oxygen atoms in total. The number of ether oxygens (including phenoxy) is 2. The summed E-state index contributed by atoms with van der Waals surface area (Å²) in [4.78, 5) is 32.7. The molecule has 150 valence electrons. The van der Waals surface area contributed by atoms with Crippen LogP contribution in [0.1, 0.15) is 39.1 Å². The first kappa shape index (κ1) is 21.4. The first-order valence-corrected chi connectivity index (χ1v) is 8.79. The third-order valence-corrected chi connectivity index (χ3v) is 4.31. The van der Waals surface area contributed by atoms with Crippen LogP contribution in [0.3, 0.4) is 0 Å². The number of carbonyl (C=O) groups is 2. The van der Waals surface area contributed by atoms with E-state index in [0.29, 0.717) is 29.4 Å². The zero-order chi connectivity index (χ0) is 19.4. The molecular formula is C19H22ClN3O5. The number of carboxylic acid groups (broad SMARTS) is 1. The topological polar surface area (TPSA) is 102 Å². The maximum Gasteiger partial charge on any atom is 0.305 e. The zero-order valence-electron chi connectivity index (χ0n) is 14.6. The molecule has 0 aliphatic carbocycles. The Hall–Kier alpha value is -2.87. The van der Waals surface area contributed by atoms with Crippen LogP contribution in [0.4, 0.5) is 5.69 Å². The molecule has 2 aromatic rings. The van der Waals surface area contributed by atoms with E-state index in [0.717, 1.165) is 0 Å². The average molecular weight is 408 g/mol. The Morgan fingerprint density at radius 3 is 2.75 bits per heavy atom. The quantitative estimate of drug-likeness (QED) is 0.749. The van der Waals surface area contributed by atoms with Crippen LogP contribution in [0.15, 0.2) is 30.6 Å². The highest BCUT2D eigenvalue weighted by Gasteiger charge is 2.28. The lowest BCUT2D eigenvalue weighted by Crippen LogP contribution is -2.40. The molecule has 3 rings (SSSR count). The van der Waals surface area contributed by atoms with Gasteiger partial charge in [-0.15, -0.1) is 0 Å². The summed E-state index contributed by atoms with van der Waals surface area (Å²) < 4.78 is 11.5. The lowest BCUT2D eigenvalue weighted by Gasteiger charge is -2.30. The van der Waals surface area contributed by atoms with Crippen molar-refractivity contribution < 1.29 is 24.2 Å². The van der Waals surface area contributed by atoms with Crippen molar-refractivity contribution in [1.29, 1.82) is 0 Å². The fourth-order valence-electron chi connectivity index (χ4n) is 2.69. The Balaban J connectivity index is 0.00000280. The molecule has 1 N–H and O–H groups in total. The Labute approximate surface area is 168 Å². The summed E-state index contributed by atoms with van der Waals surface area (Å²) in [6, 6.07) is 4.87. The number of carboxylic acids is 1. The van der Waals surface area contributed by atoms with Gasteiger partial charge in [-0.25, -0.2) is 9.97 Å². The molecule has 1 aromatic heterocycles. The van der Waals surface area contributed by atoms with Crippen LogP contribution >= 0.6 is 11.6 Å². The van der Waals surface area contributed by atoms with Crippen molar-refractivity contribution in [1.82, 2.24) is 9.97 Å². The first-order valence-electron chi connectivity index (χ1n) is 8.41. The van der Waals surface area contributed by atoms with Crippen molar-refractivity contribution in [2.75, 3.05) is 18.1 Å². The van der Waals surface area contributed by atoms with Gasteiger partial charge in [-0.05, 0) is 18.6 Å². The molecular weight excluding hydrogens is 386 g/mol. The average Bonchev–Trinajstić information content (AvgIpc) is 2.66. The third kappa shape index (κ3) is 4.69. The van der Waals surface area contributed by atoms with Gasteiger partial charge < -0.3 is 19.5 Å². The third-order valence-electron chi connectivity index (χ3n) is 4.02. The summed E-state index contributed by atoms with van der Waals surface area (Å²) in [5.74, 6) is 0.00610. The summed E-state index contributed by atoms with van der Waals surface area (Å²) >= 11 is 6.35. The number of fused-ring (bicyclic) bond motifs is 1. The van der Waals surface area contributed by atoms with Crippen molar-refractivity contribution in [2.24, 2.45) is 0 Å². The molecule has 1 aliphatic rings. The molecule has 0 fully saturated rings. The van der Waals surface area contributed by atoms with Crippen LogP contribution in [0.25, 0.3) is 0 Å². The number of nitrogens with zero attached hydrogens (tertiary/aromatic N) is 3. The molecule has 0 unspecified atom stereocenters. The number of rotatable bonds is 7. The van der Waals surface area contributed by atoms with Gasteiger partial charge in [0.1, 0.15) is 11.5 Å². The maximum absolute atomic E-state index is 12.1. The second-order valence-corrected chi connectivity index (χ2v) is 6.26. The molecule has 28 heavy (non-hydrogen) atoms. The first-order chi connectivity index (χ1) is 13.0. The van der Waals surface area contributed by atoms with Crippen molar-refractivity contribution >= 4 is 29.2 Å². The Morgan fingerprint density at radius 2 is 2.11 bits per heavy atom. The minimum absolute atomic E-state index is 0. The molecule has 0 bridgehead atoms. The molecule has 0 radical (unpaired) electrons. The fourth-order valence-corrected chi connectivity index (χ4v) is 2.90. The number of carbonyl (C=O) groups excluding carboxylic acids is 1. The Morgan fingerprint density at radius 1 is 1.39 bits per heavy atom. The number of aliphatic carboxylic acids is 1. The van der Waals surface area contributed by atoms with Crippen LogP contribution < -0.4 is 14.4 Å². The molecule has 9 heteroatoms. The van der Waals surface area contributed by atoms with Gasteiger partial charge in [0, 0.05) is 25.0 Å². The van der Waals surface area contributed by atoms with E-state index >= 15 is 0 Å². The number of amides is 1. The van der Waals surface area contributed by atoms with E-state index in [4.69, 9.17) is 26.2 Å². The predicted molar refractivity (Wildman–Crippen MR) is 104 cm³/mol. The molecule has 0 saturated carbocycles. The van der Waals surface area contributed by atoms with Crippen molar-refractivity contribution in [3.05, 3.63) is 41.4 Å². The van der Waals surface area contributed by atoms with E-state index in [-0.39, 0.29) is 37.9 Å². The smallest absolute Gasteiger partial charge is 0.305 e. The number of halogens is 1. The van der Waals surface area contributed by atoms with Gasteiger partial charge in [0.25, 0.3) is 5.91 Å². The largest absolute Gasteiger partial charge is 0.481 e. The van der Waals surface area contributed by atoms with E-state index in [1.54, 1.807) is 30.6 Å². The SMILES string of the molecule is C.CC[C@H](Oc1cc2c(cc1Cl)N(CCC(=O)O)C(=O)CO2)c1ncccn1. The van der Waals surface area contributed by atoms with Gasteiger partial charge in [0.2, 0.25) is 0 Å². The summed E-state index contributed by atoms with van der Waals surface area (Å²) in [7, 11) is 0. The van der Waals surface area contributed by atoms with Crippen LogP contribution in [-0.4, -0.2) is 40.1 Å². The van der Waals surface area contributed by atoms with E-state index in [1.807, 2.05) is 6.92 Å². The fraction of sp³-hybridized carbons (Fsp3) is 0.368. The monoisotopic (exact) mass is 407 g/mol. The highest BCUT2D eigenvalue weighted by atomic mass is 35.5. The number of hydrogen-bond donors (Lipinski definition) is 1. The summed E-state index contributed by atoms with van der Waals surface area (Å²) in [6.07, 6.45) is 3.33. The summed E-state index contributed by atoms with van der Waals surface area (Å²) in [5.41, 5.74) is 0.425. The molecule has 1 amide bonds. The van der Waals surface area contributed by atoms with Gasteiger partial charge in [0.15, 0.2) is 18.5 Å². The highest BCUT2D eigenvalue weighted by Crippen LogP contribution is 2.41. The molecule has 2 heterocycles. The normalized spacial score (nSPS) is 13.8. The Kier molecular flexibility index (Phi) is 7.17. The molecule has 0 spiro atoms. The van der Waals surface area contributed by atoms with Gasteiger partial charge in [-0.1, -0.05) is 26.0 Å². The Bertz CT molecular complexity index is 847. The minimum atomic E-state index is -0.990. The van der Waals surface area contributed by atoms with Crippen LogP contribution in [0.5, 0.6) is 11.5 Å². The van der Waals surface area contributed by atoms with Crippen molar-refractivity contribution in [3.8, 4) is 11.5 Å².